The van der Waals surface area contributed by atoms with Crippen LogP contribution in [0.1, 0.15) is 30.9 Å². The molecule has 0 aromatic heterocycles. The lowest BCUT2D eigenvalue weighted by atomic mass is 9.96. The summed E-state index contributed by atoms with van der Waals surface area (Å²) in [6, 6.07) is 16.3. The molecule has 5 nitrogen and oxygen atoms in total. The third kappa shape index (κ3) is 5.49. The Hall–Kier alpha value is -2.53. The smallest absolute Gasteiger partial charge is 0.309 e. The second-order valence-electron chi connectivity index (χ2n) is 7.21. The van der Waals surface area contributed by atoms with Gasteiger partial charge >= 0.3 is 5.97 Å². The molecule has 1 heterocycles. The molecular formula is C23H30NO4+. The molecule has 0 unspecified atom stereocenters. The normalized spacial score (nSPS) is 19.1. The van der Waals surface area contributed by atoms with Crippen molar-refractivity contribution in [2.75, 3.05) is 26.8 Å². The van der Waals surface area contributed by atoms with Gasteiger partial charge in [0.1, 0.15) is 13.2 Å². The van der Waals surface area contributed by atoms with Gasteiger partial charge in [-0.1, -0.05) is 30.3 Å². The summed E-state index contributed by atoms with van der Waals surface area (Å²) in [5.41, 5.74) is 2.34. The zero-order chi connectivity index (χ0) is 19.8. The SMILES string of the molecule is CCOC(=O)C1CC[NH+](Cc2ccc(OC)c(OCc3ccccc3)c2)CC1. The molecule has 1 aliphatic rings. The van der Waals surface area contributed by atoms with Crippen molar-refractivity contribution in [1.29, 1.82) is 0 Å². The van der Waals surface area contributed by atoms with E-state index in [1.165, 1.54) is 10.5 Å². The maximum Gasteiger partial charge on any atom is 0.309 e. The van der Waals surface area contributed by atoms with E-state index in [0.717, 1.165) is 49.5 Å². The van der Waals surface area contributed by atoms with Crippen molar-refractivity contribution in [1.82, 2.24) is 0 Å². The number of rotatable bonds is 8. The number of ether oxygens (including phenoxy) is 3. The fraction of sp³-hybridized carbons (Fsp3) is 0.435. The van der Waals surface area contributed by atoms with Crippen molar-refractivity contribution in [3.63, 3.8) is 0 Å². The van der Waals surface area contributed by atoms with Gasteiger partial charge in [0.2, 0.25) is 0 Å². The first-order valence-corrected chi connectivity index (χ1v) is 10.0. The highest BCUT2D eigenvalue weighted by molar-refractivity contribution is 5.72. The molecule has 1 fully saturated rings. The van der Waals surface area contributed by atoms with E-state index in [-0.39, 0.29) is 11.9 Å². The van der Waals surface area contributed by atoms with E-state index >= 15 is 0 Å². The van der Waals surface area contributed by atoms with Crippen molar-refractivity contribution in [3.05, 3.63) is 59.7 Å². The molecule has 0 amide bonds. The number of likely N-dealkylation sites (tertiary alicyclic amines) is 1. The molecule has 0 bridgehead atoms. The van der Waals surface area contributed by atoms with Gasteiger partial charge in [0.15, 0.2) is 11.5 Å². The van der Waals surface area contributed by atoms with Crippen LogP contribution in [0.4, 0.5) is 0 Å². The van der Waals surface area contributed by atoms with E-state index in [1.54, 1.807) is 7.11 Å². The third-order valence-corrected chi connectivity index (χ3v) is 5.23. The highest BCUT2D eigenvalue weighted by Gasteiger charge is 2.28. The molecule has 3 rings (SSSR count). The van der Waals surface area contributed by atoms with E-state index < -0.39 is 0 Å². The molecule has 1 aliphatic heterocycles. The molecule has 1 N–H and O–H groups in total. The lowest BCUT2D eigenvalue weighted by Gasteiger charge is -2.28. The van der Waals surface area contributed by atoms with Crippen LogP contribution in [0, 0.1) is 5.92 Å². The molecular weight excluding hydrogens is 354 g/mol. The Morgan fingerprint density at radius 2 is 1.79 bits per heavy atom. The second-order valence-corrected chi connectivity index (χ2v) is 7.21. The number of esters is 1. The Morgan fingerprint density at radius 3 is 2.46 bits per heavy atom. The summed E-state index contributed by atoms with van der Waals surface area (Å²) >= 11 is 0. The number of carbonyl (C=O) groups is 1. The van der Waals surface area contributed by atoms with Gasteiger partial charge in [-0.15, -0.1) is 0 Å². The van der Waals surface area contributed by atoms with Gasteiger partial charge in [-0.05, 0) is 30.7 Å². The lowest BCUT2D eigenvalue weighted by molar-refractivity contribution is -0.919. The second kappa shape index (κ2) is 10.1. The number of carbonyl (C=O) groups excluding carboxylic acids is 1. The summed E-state index contributed by atoms with van der Waals surface area (Å²) < 4.78 is 16.6. The van der Waals surface area contributed by atoms with Crippen LogP contribution in [0.2, 0.25) is 0 Å². The van der Waals surface area contributed by atoms with Crippen LogP contribution in [-0.4, -0.2) is 32.8 Å². The van der Waals surface area contributed by atoms with Crippen LogP contribution in [0.15, 0.2) is 48.5 Å². The minimum absolute atomic E-state index is 0.0393. The molecule has 0 aliphatic carbocycles. The Balaban J connectivity index is 1.58. The maximum absolute atomic E-state index is 11.9. The minimum atomic E-state index is -0.0393. The van der Waals surface area contributed by atoms with E-state index in [9.17, 15) is 4.79 Å². The Labute approximate surface area is 167 Å². The zero-order valence-corrected chi connectivity index (χ0v) is 16.8. The molecule has 2 aromatic rings. The Kier molecular flexibility index (Phi) is 7.31. The number of nitrogens with one attached hydrogen (secondary N) is 1. The fourth-order valence-electron chi connectivity index (χ4n) is 3.67. The van der Waals surface area contributed by atoms with Crippen LogP contribution < -0.4 is 14.4 Å². The molecule has 0 radical (unpaired) electrons. The summed E-state index contributed by atoms with van der Waals surface area (Å²) in [5, 5.41) is 0. The minimum Gasteiger partial charge on any atom is -0.493 e. The quantitative estimate of drug-likeness (QED) is 0.711. The van der Waals surface area contributed by atoms with Crippen LogP contribution in [-0.2, 0) is 22.7 Å². The lowest BCUT2D eigenvalue weighted by Crippen LogP contribution is -3.11. The standard InChI is InChI=1S/C23H29NO4/c1-3-27-23(25)20-11-13-24(14-12-20)16-19-9-10-21(26-2)22(15-19)28-17-18-7-5-4-6-8-18/h4-10,15,20H,3,11-14,16-17H2,1-2H3/p+1. The molecule has 5 heteroatoms. The third-order valence-electron chi connectivity index (χ3n) is 5.23. The fourth-order valence-corrected chi connectivity index (χ4v) is 3.67. The number of benzene rings is 2. The molecule has 1 saturated heterocycles. The van der Waals surface area contributed by atoms with Gasteiger partial charge in [0.25, 0.3) is 0 Å². The summed E-state index contributed by atoms with van der Waals surface area (Å²) in [6.45, 7) is 5.72. The van der Waals surface area contributed by atoms with E-state index in [1.807, 2.05) is 43.3 Å². The highest BCUT2D eigenvalue weighted by Crippen LogP contribution is 2.28. The van der Waals surface area contributed by atoms with E-state index in [2.05, 4.69) is 12.1 Å². The first-order chi connectivity index (χ1) is 13.7. The van der Waals surface area contributed by atoms with Crippen LogP contribution >= 0.6 is 0 Å². The van der Waals surface area contributed by atoms with Gasteiger partial charge < -0.3 is 19.1 Å². The van der Waals surface area contributed by atoms with Crippen molar-refractivity contribution < 1.29 is 23.9 Å². The first kappa shape index (κ1) is 20.2. The molecule has 0 atom stereocenters. The van der Waals surface area contributed by atoms with Gasteiger partial charge in [0, 0.05) is 18.4 Å². The van der Waals surface area contributed by atoms with Crippen LogP contribution in [0.5, 0.6) is 11.5 Å². The highest BCUT2D eigenvalue weighted by atomic mass is 16.5. The molecule has 150 valence electrons. The number of piperidine rings is 1. The topological polar surface area (TPSA) is 49.2 Å². The van der Waals surface area contributed by atoms with Gasteiger partial charge in [0.05, 0.1) is 32.7 Å². The predicted molar refractivity (Wildman–Crippen MR) is 108 cm³/mol. The monoisotopic (exact) mass is 384 g/mol. The van der Waals surface area contributed by atoms with E-state index in [0.29, 0.717) is 13.2 Å². The van der Waals surface area contributed by atoms with Crippen molar-refractivity contribution in [2.24, 2.45) is 5.92 Å². The largest absolute Gasteiger partial charge is 0.493 e. The van der Waals surface area contributed by atoms with Gasteiger partial charge in [-0.3, -0.25) is 4.79 Å². The molecule has 0 spiro atoms. The Morgan fingerprint density at radius 1 is 1.04 bits per heavy atom. The number of hydrogen-bond acceptors (Lipinski definition) is 4. The van der Waals surface area contributed by atoms with Crippen molar-refractivity contribution >= 4 is 5.97 Å². The summed E-state index contributed by atoms with van der Waals surface area (Å²) in [4.78, 5) is 13.4. The van der Waals surface area contributed by atoms with Crippen molar-refractivity contribution in [3.8, 4) is 11.5 Å². The molecule has 0 saturated carbocycles. The average Bonchev–Trinajstić information content (AvgIpc) is 2.74. The maximum atomic E-state index is 11.9. The van der Waals surface area contributed by atoms with Gasteiger partial charge in [-0.2, -0.15) is 0 Å². The van der Waals surface area contributed by atoms with Crippen LogP contribution in [0.3, 0.4) is 0 Å². The number of hydrogen-bond donors (Lipinski definition) is 1. The van der Waals surface area contributed by atoms with Crippen LogP contribution in [0.25, 0.3) is 0 Å². The average molecular weight is 384 g/mol. The zero-order valence-electron chi connectivity index (χ0n) is 16.8. The Bertz CT molecular complexity index is 754. The number of methoxy groups -OCH3 is 1. The molecule has 2 aromatic carbocycles. The summed E-state index contributed by atoms with van der Waals surface area (Å²) in [5.74, 6) is 1.53. The number of quaternary nitrogens is 1. The summed E-state index contributed by atoms with van der Waals surface area (Å²) in [7, 11) is 1.66. The van der Waals surface area contributed by atoms with Gasteiger partial charge in [-0.25, -0.2) is 0 Å². The van der Waals surface area contributed by atoms with E-state index in [4.69, 9.17) is 14.2 Å². The first-order valence-electron chi connectivity index (χ1n) is 10.0. The van der Waals surface area contributed by atoms with Crippen molar-refractivity contribution in [2.45, 2.75) is 32.9 Å². The molecule has 28 heavy (non-hydrogen) atoms. The summed E-state index contributed by atoms with van der Waals surface area (Å²) in [6.07, 6.45) is 1.78. The predicted octanol–water partition coefficient (Wildman–Crippen LogP) is 2.63.